The van der Waals surface area contributed by atoms with Gasteiger partial charge < -0.3 is 15.6 Å². The number of aliphatic hydroxyl groups excluding tert-OH is 1. The Kier molecular flexibility index (Phi) is 4.45. The van der Waals surface area contributed by atoms with Crippen LogP contribution in [0.2, 0.25) is 5.15 Å². The van der Waals surface area contributed by atoms with E-state index in [2.05, 4.69) is 20.3 Å². The van der Waals surface area contributed by atoms with E-state index in [1.54, 1.807) is 37.0 Å². The van der Waals surface area contributed by atoms with Crippen LogP contribution < -0.4 is 10.5 Å². The van der Waals surface area contributed by atoms with Gasteiger partial charge in [0.15, 0.2) is 11.6 Å². The van der Waals surface area contributed by atoms with Gasteiger partial charge in [0.25, 0.3) is 0 Å². The Hall–Kier alpha value is -3.43. The van der Waals surface area contributed by atoms with Crippen molar-refractivity contribution in [2.75, 3.05) is 5.73 Å². The van der Waals surface area contributed by atoms with E-state index in [1.807, 2.05) is 0 Å². The lowest BCUT2D eigenvalue weighted by atomic mass is 9.93. The molecule has 0 aliphatic carbocycles. The number of rotatable bonds is 0. The normalized spacial score (nSPS) is 17.6. The Balaban J connectivity index is 1.86. The number of hydrogen-bond donors (Lipinski definition) is 3. The van der Waals surface area contributed by atoms with E-state index in [9.17, 15) is 9.50 Å². The number of nitrogens with zero attached hydrogens (tertiary/aromatic N) is 4. The molecule has 4 aromatic rings. The van der Waals surface area contributed by atoms with Crippen LogP contribution in [0.3, 0.4) is 0 Å². The summed E-state index contributed by atoms with van der Waals surface area (Å²) < 4.78 is 21.9. The zero-order chi connectivity index (χ0) is 21.9. The van der Waals surface area contributed by atoms with Gasteiger partial charge in [-0.25, -0.2) is 9.37 Å². The van der Waals surface area contributed by atoms with Crippen LogP contribution in [0.4, 0.5) is 10.2 Å². The van der Waals surface area contributed by atoms with Crippen LogP contribution in [0.15, 0.2) is 36.7 Å². The van der Waals surface area contributed by atoms with Crippen molar-refractivity contribution in [3.63, 3.8) is 0 Å². The molecule has 0 fully saturated rings. The zero-order valence-corrected chi connectivity index (χ0v) is 17.4. The predicted octanol–water partition coefficient (Wildman–Crippen LogP) is 3.78. The molecule has 0 amide bonds. The fraction of sp³-hybridized carbons (Fsp3) is 0.190. The number of benzene rings is 1. The summed E-state index contributed by atoms with van der Waals surface area (Å²) in [5, 5.41) is 23.1. The molecule has 4 heterocycles. The minimum atomic E-state index is -1.15. The van der Waals surface area contributed by atoms with E-state index >= 15 is 0 Å². The highest BCUT2D eigenvalue weighted by atomic mass is 35.5. The topological polar surface area (TPSA) is 115 Å². The second-order valence-electron chi connectivity index (χ2n) is 7.41. The summed E-state index contributed by atoms with van der Waals surface area (Å²) in [4.78, 5) is 4.20. The van der Waals surface area contributed by atoms with E-state index in [1.165, 1.54) is 18.3 Å². The molecule has 31 heavy (non-hydrogen) atoms. The number of halogens is 2. The lowest BCUT2D eigenvalue weighted by molar-refractivity contribution is 0.220. The average molecular weight is 441 g/mol. The number of fused-ring (bicyclic) bond motifs is 7. The number of H-pyrrole nitrogens is 1. The van der Waals surface area contributed by atoms with Crippen molar-refractivity contribution in [1.82, 2.24) is 25.0 Å². The molecule has 1 aliphatic rings. The van der Waals surface area contributed by atoms with Gasteiger partial charge in [0.1, 0.15) is 28.9 Å². The number of nitrogens with two attached hydrogens (primary N) is 1. The Morgan fingerprint density at radius 1 is 1.26 bits per heavy atom. The van der Waals surface area contributed by atoms with Gasteiger partial charge in [-0.15, -0.1) is 0 Å². The number of nitrogens with one attached hydrogen (secondary N) is 1. The Morgan fingerprint density at radius 2 is 2.06 bits per heavy atom. The maximum absolute atomic E-state index is 14.2. The largest absolute Gasteiger partial charge is 0.482 e. The molecule has 3 aromatic heterocycles. The molecular weight excluding hydrogens is 423 g/mol. The minimum absolute atomic E-state index is 0.174. The second-order valence-corrected chi connectivity index (χ2v) is 7.79. The third-order valence-electron chi connectivity index (χ3n) is 5.35. The van der Waals surface area contributed by atoms with Crippen LogP contribution >= 0.6 is 11.6 Å². The van der Waals surface area contributed by atoms with E-state index in [4.69, 9.17) is 22.1 Å². The zero-order valence-electron chi connectivity index (χ0n) is 16.6. The molecule has 0 saturated heterocycles. The van der Waals surface area contributed by atoms with Crippen LogP contribution in [0.1, 0.15) is 35.8 Å². The fourth-order valence-corrected chi connectivity index (χ4v) is 4.12. The van der Waals surface area contributed by atoms with E-state index in [0.29, 0.717) is 45.0 Å². The smallest absolute Gasteiger partial charge is 0.166 e. The van der Waals surface area contributed by atoms with Gasteiger partial charge in [0, 0.05) is 41.7 Å². The first-order chi connectivity index (χ1) is 14.8. The molecule has 4 N–H and O–H groups in total. The number of anilines is 1. The van der Waals surface area contributed by atoms with Crippen LogP contribution in [0.25, 0.3) is 22.5 Å². The Labute approximate surface area is 181 Å². The molecule has 10 heteroatoms. The highest BCUT2D eigenvalue weighted by Crippen LogP contribution is 2.42. The van der Waals surface area contributed by atoms with Crippen molar-refractivity contribution >= 4 is 17.4 Å². The Bertz CT molecular complexity index is 1320. The molecular formula is C21H18ClFN6O2. The molecule has 0 saturated carbocycles. The maximum atomic E-state index is 14.2. The maximum Gasteiger partial charge on any atom is 0.166 e. The van der Waals surface area contributed by atoms with Crippen LogP contribution in [-0.2, 0) is 7.05 Å². The summed E-state index contributed by atoms with van der Waals surface area (Å²) in [5.41, 5.74) is 9.52. The first kappa shape index (κ1) is 19.5. The molecule has 1 aliphatic heterocycles. The van der Waals surface area contributed by atoms with Crippen LogP contribution in [0.5, 0.6) is 5.75 Å². The Morgan fingerprint density at radius 3 is 2.87 bits per heavy atom. The van der Waals surface area contributed by atoms with Gasteiger partial charge in [0.05, 0.1) is 11.3 Å². The highest BCUT2D eigenvalue weighted by molar-refractivity contribution is 6.30. The van der Waals surface area contributed by atoms with E-state index < -0.39 is 18.0 Å². The summed E-state index contributed by atoms with van der Waals surface area (Å²) in [6, 6.07) is 6.02. The molecule has 1 aromatic carbocycles. The van der Waals surface area contributed by atoms with Crippen molar-refractivity contribution in [3.05, 3.63) is 64.3 Å². The van der Waals surface area contributed by atoms with Crippen molar-refractivity contribution < 1.29 is 14.2 Å². The number of nitrogen functional groups attached to an aromatic ring is 1. The SMILES string of the molecule is C[C@H]1Oc2cc(cnc2N)-c2n[nH]c(Cl)c2[C@H](O)c2cn(C)nc2-c2ccc(F)cc21. The molecule has 5 rings (SSSR count). The minimum Gasteiger partial charge on any atom is -0.482 e. The molecule has 158 valence electrons. The quantitative estimate of drug-likeness (QED) is 0.383. The fourth-order valence-electron chi connectivity index (χ4n) is 3.89. The number of aliphatic hydroxyl groups is 1. The van der Waals surface area contributed by atoms with Crippen molar-refractivity contribution in [2.45, 2.75) is 19.1 Å². The van der Waals surface area contributed by atoms with Crippen LogP contribution in [0, 0.1) is 5.82 Å². The number of aromatic nitrogens is 5. The number of pyridine rings is 1. The molecule has 0 radical (unpaired) electrons. The summed E-state index contributed by atoms with van der Waals surface area (Å²) in [7, 11) is 1.74. The molecule has 2 atom stereocenters. The van der Waals surface area contributed by atoms with Gasteiger partial charge in [-0.2, -0.15) is 10.2 Å². The van der Waals surface area contributed by atoms with E-state index in [-0.39, 0.29) is 11.0 Å². The number of ether oxygens (including phenoxy) is 1. The first-order valence-corrected chi connectivity index (χ1v) is 9.89. The van der Waals surface area contributed by atoms with Gasteiger partial charge in [-0.3, -0.25) is 9.78 Å². The third kappa shape index (κ3) is 3.13. The van der Waals surface area contributed by atoms with Gasteiger partial charge in [0.2, 0.25) is 0 Å². The van der Waals surface area contributed by atoms with Crippen molar-refractivity contribution in [3.8, 4) is 28.3 Å². The molecule has 8 nitrogen and oxygen atoms in total. The number of hydrogen-bond acceptors (Lipinski definition) is 6. The first-order valence-electron chi connectivity index (χ1n) is 9.51. The van der Waals surface area contributed by atoms with Gasteiger partial charge in [-0.1, -0.05) is 11.6 Å². The molecule has 0 unspecified atom stereocenters. The lowest BCUT2D eigenvalue weighted by Crippen LogP contribution is -2.10. The molecule has 2 bridgehead atoms. The number of aromatic amines is 1. The summed E-state index contributed by atoms with van der Waals surface area (Å²) >= 11 is 6.37. The average Bonchev–Trinajstić information content (AvgIpc) is 3.31. The van der Waals surface area contributed by atoms with Crippen molar-refractivity contribution in [1.29, 1.82) is 0 Å². The summed E-state index contributed by atoms with van der Waals surface area (Å²) in [6.45, 7) is 1.78. The predicted molar refractivity (Wildman–Crippen MR) is 113 cm³/mol. The monoisotopic (exact) mass is 440 g/mol. The van der Waals surface area contributed by atoms with Gasteiger partial charge in [-0.05, 0) is 31.2 Å². The van der Waals surface area contributed by atoms with Crippen LogP contribution in [-0.4, -0.2) is 30.1 Å². The standard InChI is InChI=1S/C21H18ClFN6O2/c1-9-13-6-11(23)3-4-12(13)18-14(8-29(2)28-18)19(30)16-17(26-27-20(16)22)10-5-15(31-9)21(24)25-7-10/h3-9,19,30H,1-2H3,(H2,24,25)(H,26,27)/t9-,19-/m1/s1. The summed E-state index contributed by atoms with van der Waals surface area (Å²) in [6.07, 6.45) is 1.49. The number of aryl methyl sites for hydroxylation is 1. The second kappa shape index (κ2) is 7.07. The molecule has 0 spiro atoms. The van der Waals surface area contributed by atoms with Crippen molar-refractivity contribution in [2.24, 2.45) is 7.05 Å². The van der Waals surface area contributed by atoms with E-state index in [0.717, 1.165) is 0 Å². The third-order valence-corrected chi connectivity index (χ3v) is 5.64. The summed E-state index contributed by atoms with van der Waals surface area (Å²) in [5.74, 6) is 0.0637. The highest BCUT2D eigenvalue weighted by Gasteiger charge is 2.30. The van der Waals surface area contributed by atoms with Gasteiger partial charge >= 0.3 is 0 Å². The lowest BCUT2D eigenvalue weighted by Gasteiger charge is -2.21.